The van der Waals surface area contributed by atoms with E-state index in [9.17, 15) is 22.8 Å². The highest BCUT2D eigenvalue weighted by Gasteiger charge is 2.31. The molecule has 2 aromatic heterocycles. The molecule has 2 aromatic carbocycles. The van der Waals surface area contributed by atoms with Gasteiger partial charge in [-0.25, -0.2) is 4.98 Å². The number of fused-ring (bicyclic) bond motifs is 1. The van der Waals surface area contributed by atoms with E-state index in [2.05, 4.69) is 4.98 Å². The van der Waals surface area contributed by atoms with Crippen molar-refractivity contribution in [1.29, 1.82) is 0 Å². The van der Waals surface area contributed by atoms with E-state index >= 15 is 0 Å². The van der Waals surface area contributed by atoms with E-state index in [1.807, 2.05) is 0 Å². The van der Waals surface area contributed by atoms with Crippen molar-refractivity contribution in [3.8, 4) is 5.69 Å². The van der Waals surface area contributed by atoms with Gasteiger partial charge in [-0.2, -0.15) is 13.2 Å². The van der Waals surface area contributed by atoms with Gasteiger partial charge in [0.25, 0.3) is 5.56 Å². The number of para-hydroxylation sites is 1. The molecule has 0 bridgehead atoms. The Kier molecular flexibility index (Phi) is 5.92. The van der Waals surface area contributed by atoms with Gasteiger partial charge >= 0.3 is 6.18 Å². The maximum atomic E-state index is 13.1. The molecule has 9 heteroatoms. The molecule has 0 unspecified atom stereocenters. The SMILES string of the molecule is Cc1cc(C(=O)CSc2nc3ccccc3c(=O)n2C)c(C)n1-c1cccc(C(F)(F)F)c1. The van der Waals surface area contributed by atoms with Crippen molar-refractivity contribution in [3.63, 3.8) is 0 Å². The molecule has 2 heterocycles. The first-order chi connectivity index (χ1) is 15.6. The molecule has 0 fully saturated rings. The van der Waals surface area contributed by atoms with Gasteiger partial charge in [-0.05, 0) is 50.2 Å². The van der Waals surface area contributed by atoms with Crippen molar-refractivity contribution in [1.82, 2.24) is 14.1 Å². The fraction of sp³-hybridized carbons (Fsp3) is 0.208. The Hall–Kier alpha value is -3.33. The second-order valence-electron chi connectivity index (χ2n) is 7.66. The minimum Gasteiger partial charge on any atom is -0.318 e. The summed E-state index contributed by atoms with van der Waals surface area (Å²) in [6.45, 7) is 3.45. The Morgan fingerprint density at radius 3 is 2.52 bits per heavy atom. The van der Waals surface area contributed by atoms with Crippen LogP contribution in [0.1, 0.15) is 27.3 Å². The molecule has 4 rings (SSSR count). The van der Waals surface area contributed by atoms with Crippen LogP contribution >= 0.6 is 11.8 Å². The van der Waals surface area contributed by atoms with Crippen LogP contribution in [0.4, 0.5) is 13.2 Å². The summed E-state index contributed by atoms with van der Waals surface area (Å²) in [5.74, 6) is -0.167. The van der Waals surface area contributed by atoms with Crippen molar-refractivity contribution < 1.29 is 18.0 Å². The van der Waals surface area contributed by atoms with Gasteiger partial charge in [0, 0.05) is 29.7 Å². The summed E-state index contributed by atoms with van der Waals surface area (Å²) in [5.41, 5.74) is 1.57. The molecule has 5 nitrogen and oxygen atoms in total. The summed E-state index contributed by atoms with van der Waals surface area (Å²) in [6, 6.07) is 13.7. The number of aromatic nitrogens is 3. The molecule has 0 N–H and O–H groups in total. The third-order valence-corrected chi connectivity index (χ3v) is 6.47. The number of alkyl halides is 3. The number of rotatable bonds is 5. The number of carbonyl (C=O) groups excluding carboxylic acids is 1. The smallest absolute Gasteiger partial charge is 0.318 e. The van der Waals surface area contributed by atoms with Crippen LogP contribution in [0.3, 0.4) is 0 Å². The summed E-state index contributed by atoms with van der Waals surface area (Å²) < 4.78 is 42.5. The number of thioether (sulfide) groups is 1. The van der Waals surface area contributed by atoms with Gasteiger partial charge in [-0.3, -0.25) is 14.2 Å². The number of aryl methyl sites for hydroxylation is 1. The highest BCUT2D eigenvalue weighted by Crippen LogP contribution is 2.32. The van der Waals surface area contributed by atoms with Crippen molar-refractivity contribution in [2.45, 2.75) is 25.2 Å². The van der Waals surface area contributed by atoms with E-state index in [1.54, 1.807) is 61.9 Å². The highest BCUT2D eigenvalue weighted by molar-refractivity contribution is 7.99. The van der Waals surface area contributed by atoms with Crippen molar-refractivity contribution in [2.24, 2.45) is 7.05 Å². The molecule has 0 aliphatic heterocycles. The summed E-state index contributed by atoms with van der Waals surface area (Å²) >= 11 is 1.15. The Balaban J connectivity index is 1.62. The lowest BCUT2D eigenvalue weighted by Gasteiger charge is -2.13. The minimum absolute atomic E-state index is 0.0332. The molecule has 0 saturated carbocycles. The summed E-state index contributed by atoms with van der Waals surface area (Å²) in [5, 5.41) is 0.916. The van der Waals surface area contributed by atoms with Crippen LogP contribution in [0, 0.1) is 13.8 Å². The Morgan fingerprint density at radius 2 is 1.79 bits per heavy atom. The maximum absolute atomic E-state index is 13.1. The predicted molar refractivity (Wildman–Crippen MR) is 122 cm³/mol. The second-order valence-corrected chi connectivity index (χ2v) is 8.60. The van der Waals surface area contributed by atoms with E-state index in [4.69, 9.17) is 0 Å². The van der Waals surface area contributed by atoms with E-state index < -0.39 is 11.7 Å². The Bertz CT molecular complexity index is 1440. The zero-order valence-corrected chi connectivity index (χ0v) is 18.9. The van der Waals surface area contributed by atoms with Gasteiger partial charge in [-0.15, -0.1) is 0 Å². The van der Waals surface area contributed by atoms with Crippen LogP contribution < -0.4 is 5.56 Å². The first-order valence-corrected chi connectivity index (χ1v) is 11.0. The quantitative estimate of drug-likeness (QED) is 0.224. The number of Topliss-reactive ketones (excluding diaryl/α,β-unsaturated/α-hetero) is 1. The number of benzene rings is 2. The topological polar surface area (TPSA) is 56.9 Å². The molecule has 0 aliphatic carbocycles. The summed E-state index contributed by atoms with van der Waals surface area (Å²) in [7, 11) is 1.61. The fourth-order valence-electron chi connectivity index (χ4n) is 3.80. The predicted octanol–water partition coefficient (Wildman–Crippen LogP) is 5.33. The Labute approximate surface area is 191 Å². The number of carbonyl (C=O) groups is 1. The normalized spacial score (nSPS) is 11.8. The number of halogens is 3. The standard InChI is InChI=1S/C24H20F3N3O2S/c1-14-11-19(15(2)30(14)17-8-6-7-16(12-17)24(25,26)27)21(31)13-33-23-28-20-10-5-4-9-18(20)22(32)29(23)3/h4-12H,13H2,1-3H3. The molecule has 0 amide bonds. The lowest BCUT2D eigenvalue weighted by molar-refractivity contribution is -0.137. The molecule has 33 heavy (non-hydrogen) atoms. The Morgan fingerprint density at radius 1 is 1.06 bits per heavy atom. The zero-order chi connectivity index (χ0) is 23.9. The lowest BCUT2D eigenvalue weighted by Crippen LogP contribution is -2.20. The van der Waals surface area contributed by atoms with Crippen LogP contribution in [-0.4, -0.2) is 25.7 Å². The molecule has 0 saturated heterocycles. The molecule has 4 aromatic rings. The molecule has 0 radical (unpaired) electrons. The monoisotopic (exact) mass is 471 g/mol. The second kappa shape index (κ2) is 8.55. The van der Waals surface area contributed by atoms with Gasteiger partial charge < -0.3 is 4.57 Å². The van der Waals surface area contributed by atoms with Gasteiger partial charge in [0.1, 0.15) is 0 Å². The van der Waals surface area contributed by atoms with Crippen LogP contribution in [0.25, 0.3) is 16.6 Å². The minimum atomic E-state index is -4.46. The lowest BCUT2D eigenvalue weighted by atomic mass is 10.1. The zero-order valence-electron chi connectivity index (χ0n) is 18.1. The third kappa shape index (κ3) is 4.32. The van der Waals surface area contributed by atoms with Crippen molar-refractivity contribution in [2.75, 3.05) is 5.75 Å². The van der Waals surface area contributed by atoms with E-state index in [-0.39, 0.29) is 17.1 Å². The van der Waals surface area contributed by atoms with Gasteiger partial charge in [0.2, 0.25) is 0 Å². The van der Waals surface area contributed by atoms with Crippen LogP contribution in [-0.2, 0) is 13.2 Å². The van der Waals surface area contributed by atoms with Crippen molar-refractivity contribution in [3.05, 3.63) is 87.5 Å². The van der Waals surface area contributed by atoms with Crippen molar-refractivity contribution >= 4 is 28.4 Å². The van der Waals surface area contributed by atoms with E-state index in [0.29, 0.717) is 38.7 Å². The summed E-state index contributed by atoms with van der Waals surface area (Å²) in [4.78, 5) is 30.0. The molecular weight excluding hydrogens is 451 g/mol. The van der Waals surface area contributed by atoms with E-state index in [1.165, 1.54) is 10.6 Å². The van der Waals surface area contributed by atoms with Gasteiger partial charge in [0.05, 0.1) is 22.2 Å². The molecule has 0 aliphatic rings. The fourth-order valence-corrected chi connectivity index (χ4v) is 4.65. The number of ketones is 1. The van der Waals surface area contributed by atoms with Crippen LogP contribution in [0.15, 0.2) is 64.5 Å². The van der Waals surface area contributed by atoms with Crippen LogP contribution in [0.5, 0.6) is 0 Å². The maximum Gasteiger partial charge on any atom is 0.416 e. The summed E-state index contributed by atoms with van der Waals surface area (Å²) in [6.07, 6.45) is -4.46. The van der Waals surface area contributed by atoms with Gasteiger partial charge in [-0.1, -0.05) is 30.0 Å². The average molecular weight is 472 g/mol. The number of hydrogen-bond acceptors (Lipinski definition) is 4. The van der Waals surface area contributed by atoms with Gasteiger partial charge in [0.15, 0.2) is 10.9 Å². The molecular formula is C24H20F3N3O2S. The van der Waals surface area contributed by atoms with E-state index in [0.717, 1.165) is 23.9 Å². The first kappa shape index (κ1) is 22.8. The third-order valence-electron chi connectivity index (χ3n) is 5.44. The largest absolute Gasteiger partial charge is 0.416 e. The highest BCUT2D eigenvalue weighted by atomic mass is 32.2. The number of nitrogens with zero attached hydrogens (tertiary/aromatic N) is 3. The number of hydrogen-bond donors (Lipinski definition) is 0. The molecule has 170 valence electrons. The average Bonchev–Trinajstić information content (AvgIpc) is 3.08. The molecule has 0 spiro atoms. The molecule has 0 atom stereocenters. The first-order valence-electron chi connectivity index (χ1n) is 10.1. The van der Waals surface area contributed by atoms with Crippen LogP contribution in [0.2, 0.25) is 0 Å².